The first-order valence-electron chi connectivity index (χ1n) is 6.52. The molecule has 0 bridgehead atoms. The van der Waals surface area contributed by atoms with Crippen LogP contribution in [0.1, 0.15) is 40.0 Å². The molecular weight excluding hydrogens is 358 g/mol. The summed E-state index contributed by atoms with van der Waals surface area (Å²) in [5.41, 5.74) is 0. The van der Waals surface area contributed by atoms with Gasteiger partial charge >= 0.3 is 0 Å². The highest BCUT2D eigenvalue weighted by Gasteiger charge is 2.23. The summed E-state index contributed by atoms with van der Waals surface area (Å²) in [5, 5.41) is 10.7. The number of hydrogen-bond acceptors (Lipinski definition) is 2. The van der Waals surface area contributed by atoms with Crippen LogP contribution in [0, 0.1) is 5.92 Å². The molecule has 1 nitrogen and oxygen atoms in total. The lowest BCUT2D eigenvalue weighted by Crippen LogP contribution is -2.10. The van der Waals surface area contributed by atoms with E-state index in [4.69, 9.17) is 46.4 Å². The first-order valence-corrected chi connectivity index (χ1v) is 8.91. The molecule has 0 aliphatic rings. The molecule has 0 saturated heterocycles. The van der Waals surface area contributed by atoms with Gasteiger partial charge in [0.05, 0.1) is 10.0 Å². The molecule has 20 heavy (non-hydrogen) atoms. The maximum atomic E-state index is 9.71. The van der Waals surface area contributed by atoms with Crippen LogP contribution in [0.4, 0.5) is 0 Å². The summed E-state index contributed by atoms with van der Waals surface area (Å²) in [6.45, 7) is 6.52. The molecule has 0 spiro atoms. The van der Waals surface area contributed by atoms with E-state index in [1.165, 1.54) is 12.8 Å². The van der Waals surface area contributed by atoms with Gasteiger partial charge in [0, 0.05) is 10.1 Å². The first-order chi connectivity index (χ1) is 9.31. The van der Waals surface area contributed by atoms with Gasteiger partial charge in [0.25, 0.3) is 0 Å². The highest BCUT2D eigenvalue weighted by Crippen LogP contribution is 2.50. The lowest BCUT2D eigenvalue weighted by atomic mass is 10.0. The van der Waals surface area contributed by atoms with Crippen molar-refractivity contribution in [1.29, 1.82) is 0 Å². The largest absolute Gasteiger partial charge is 0.505 e. The third-order valence-electron chi connectivity index (χ3n) is 3.32. The number of aromatic hydroxyl groups is 1. The van der Waals surface area contributed by atoms with E-state index in [9.17, 15) is 5.11 Å². The van der Waals surface area contributed by atoms with Crippen molar-refractivity contribution in [2.45, 2.75) is 50.2 Å². The van der Waals surface area contributed by atoms with E-state index >= 15 is 0 Å². The van der Waals surface area contributed by atoms with Crippen molar-refractivity contribution in [3.05, 3.63) is 20.1 Å². The topological polar surface area (TPSA) is 20.2 Å². The summed E-state index contributed by atoms with van der Waals surface area (Å²) >= 11 is 25.8. The zero-order valence-corrected chi connectivity index (χ0v) is 15.5. The number of hydrogen-bond donors (Lipinski definition) is 1. The average Bonchev–Trinajstić information content (AvgIpc) is 2.44. The second-order valence-electron chi connectivity index (χ2n) is 4.88. The van der Waals surface area contributed by atoms with Gasteiger partial charge in [0.1, 0.15) is 10.0 Å². The van der Waals surface area contributed by atoms with Crippen molar-refractivity contribution in [2.24, 2.45) is 5.92 Å². The summed E-state index contributed by atoms with van der Waals surface area (Å²) in [4.78, 5) is 0.636. The van der Waals surface area contributed by atoms with E-state index in [-0.39, 0.29) is 25.8 Å². The molecule has 0 heterocycles. The monoisotopic (exact) mass is 374 g/mol. The Morgan fingerprint density at radius 2 is 1.50 bits per heavy atom. The molecule has 1 aromatic carbocycles. The van der Waals surface area contributed by atoms with Crippen molar-refractivity contribution in [2.75, 3.05) is 0 Å². The highest BCUT2D eigenvalue weighted by atomic mass is 35.5. The molecule has 0 aliphatic heterocycles. The van der Waals surface area contributed by atoms with Crippen molar-refractivity contribution >= 4 is 58.2 Å². The Balaban J connectivity index is 2.98. The van der Waals surface area contributed by atoms with Crippen LogP contribution in [0.25, 0.3) is 0 Å². The van der Waals surface area contributed by atoms with Crippen LogP contribution in [0.5, 0.6) is 5.75 Å². The van der Waals surface area contributed by atoms with Gasteiger partial charge in [-0.15, -0.1) is 11.8 Å². The minimum atomic E-state index is -0.264. The van der Waals surface area contributed by atoms with Crippen LogP contribution in [0.2, 0.25) is 20.1 Å². The lowest BCUT2D eigenvalue weighted by Gasteiger charge is -2.21. The number of benzene rings is 1. The third kappa shape index (κ3) is 4.27. The molecule has 1 rings (SSSR count). The second-order valence-corrected chi connectivity index (χ2v) is 7.78. The van der Waals surface area contributed by atoms with Gasteiger partial charge in [0.15, 0.2) is 5.75 Å². The summed E-state index contributed by atoms with van der Waals surface area (Å²) in [6, 6.07) is 0. The Morgan fingerprint density at radius 1 is 1.00 bits per heavy atom. The fourth-order valence-electron chi connectivity index (χ4n) is 1.77. The van der Waals surface area contributed by atoms with Gasteiger partial charge in [-0.1, -0.05) is 80.0 Å². The molecule has 0 saturated carbocycles. The van der Waals surface area contributed by atoms with Gasteiger partial charge in [-0.3, -0.25) is 0 Å². The van der Waals surface area contributed by atoms with E-state index in [0.717, 1.165) is 6.42 Å². The molecule has 0 amide bonds. The van der Waals surface area contributed by atoms with Crippen LogP contribution >= 0.6 is 58.2 Å². The van der Waals surface area contributed by atoms with E-state index < -0.39 is 0 Å². The number of phenols is 1. The van der Waals surface area contributed by atoms with Crippen LogP contribution in [-0.2, 0) is 0 Å². The van der Waals surface area contributed by atoms with E-state index in [2.05, 4.69) is 20.8 Å². The standard InChI is InChI=1S/C14H18Cl4OS/c1-4-5-6-7(2)8(3)20-14-11(17)9(15)13(19)10(16)12(14)18/h7-8,19H,4-6H2,1-3H3. The molecule has 1 N–H and O–H groups in total. The average molecular weight is 376 g/mol. The molecule has 0 aliphatic carbocycles. The smallest absolute Gasteiger partial charge is 0.155 e. The molecule has 0 radical (unpaired) electrons. The normalized spacial score (nSPS) is 14.3. The summed E-state index contributed by atoms with van der Waals surface area (Å²) in [6.07, 6.45) is 3.53. The molecule has 6 heteroatoms. The number of phenolic OH excluding ortho intramolecular Hbond substituents is 1. The van der Waals surface area contributed by atoms with Crippen molar-refractivity contribution in [3.63, 3.8) is 0 Å². The van der Waals surface area contributed by atoms with E-state index in [1.807, 2.05) is 0 Å². The van der Waals surface area contributed by atoms with E-state index in [1.54, 1.807) is 11.8 Å². The highest BCUT2D eigenvalue weighted by molar-refractivity contribution is 8.00. The predicted octanol–water partition coefficient (Wildman–Crippen LogP) is 7.31. The van der Waals surface area contributed by atoms with Crippen LogP contribution < -0.4 is 0 Å². The fourth-order valence-corrected chi connectivity index (χ4v) is 4.14. The number of rotatable bonds is 6. The van der Waals surface area contributed by atoms with Gasteiger partial charge in [-0.05, 0) is 12.3 Å². The zero-order chi connectivity index (χ0) is 15.4. The number of halogens is 4. The van der Waals surface area contributed by atoms with Gasteiger partial charge < -0.3 is 5.11 Å². The first kappa shape index (κ1) is 18.6. The summed E-state index contributed by atoms with van der Waals surface area (Å²) < 4.78 is 0. The van der Waals surface area contributed by atoms with Crippen molar-refractivity contribution < 1.29 is 5.11 Å². The third-order valence-corrected chi connectivity index (χ3v) is 6.71. The Hall–Kier alpha value is 0.530. The molecule has 114 valence electrons. The van der Waals surface area contributed by atoms with Crippen LogP contribution in [0.3, 0.4) is 0 Å². The van der Waals surface area contributed by atoms with Crippen LogP contribution in [-0.4, -0.2) is 10.4 Å². The molecule has 2 unspecified atom stereocenters. The summed E-state index contributed by atoms with van der Waals surface area (Å²) in [7, 11) is 0. The fraction of sp³-hybridized carbons (Fsp3) is 0.571. The minimum Gasteiger partial charge on any atom is -0.505 e. The molecule has 0 aromatic heterocycles. The molecule has 2 atom stereocenters. The maximum absolute atomic E-state index is 9.71. The number of thioether (sulfide) groups is 1. The van der Waals surface area contributed by atoms with Gasteiger partial charge in [0.2, 0.25) is 0 Å². The Labute approximate surface area is 144 Å². The van der Waals surface area contributed by atoms with Crippen molar-refractivity contribution in [3.8, 4) is 5.75 Å². The van der Waals surface area contributed by atoms with Gasteiger partial charge in [-0.25, -0.2) is 0 Å². The molecule has 0 fully saturated rings. The lowest BCUT2D eigenvalue weighted by molar-refractivity contribution is 0.475. The molecular formula is C14H18Cl4OS. The molecule has 1 aromatic rings. The Kier molecular flexibility index (Phi) is 7.65. The minimum absolute atomic E-state index is 0.0528. The number of unbranched alkanes of at least 4 members (excludes halogenated alkanes) is 1. The zero-order valence-electron chi connectivity index (χ0n) is 11.6. The van der Waals surface area contributed by atoms with Crippen LogP contribution in [0.15, 0.2) is 4.90 Å². The van der Waals surface area contributed by atoms with Gasteiger partial charge in [-0.2, -0.15) is 0 Å². The van der Waals surface area contributed by atoms with E-state index in [0.29, 0.717) is 16.1 Å². The maximum Gasteiger partial charge on any atom is 0.155 e. The summed E-state index contributed by atoms with van der Waals surface area (Å²) in [5.74, 6) is 0.262. The quantitative estimate of drug-likeness (QED) is 0.415. The Morgan fingerprint density at radius 3 is 1.95 bits per heavy atom. The Bertz CT molecular complexity index is 450. The predicted molar refractivity (Wildman–Crippen MR) is 92.2 cm³/mol. The van der Waals surface area contributed by atoms with Crippen molar-refractivity contribution in [1.82, 2.24) is 0 Å². The SMILES string of the molecule is CCCCC(C)C(C)Sc1c(Cl)c(Cl)c(O)c(Cl)c1Cl. The second kappa shape index (κ2) is 8.24.